The minimum Gasteiger partial charge on any atom is -0.494 e. The molecule has 0 atom stereocenters. The molecule has 0 saturated carbocycles. The number of esters is 1. The number of ether oxygens (including phenoxy) is 4. The lowest BCUT2D eigenvalue weighted by Gasteiger charge is -2.26. The summed E-state index contributed by atoms with van der Waals surface area (Å²) in [6.45, 7) is 7.50. The van der Waals surface area contributed by atoms with E-state index in [0.29, 0.717) is 38.4 Å². The highest BCUT2D eigenvalue weighted by Gasteiger charge is 2.21. The third kappa shape index (κ3) is 7.64. The van der Waals surface area contributed by atoms with E-state index in [1.807, 2.05) is 30.3 Å². The molecular weight excluding hydrogens is 490 g/mol. The number of carbonyl (C=O) groups is 1. The number of rotatable bonds is 13. The molecule has 1 aliphatic heterocycles. The van der Waals surface area contributed by atoms with E-state index in [1.54, 1.807) is 0 Å². The van der Waals surface area contributed by atoms with Gasteiger partial charge in [-0.15, -0.1) is 0 Å². The van der Waals surface area contributed by atoms with E-state index in [9.17, 15) is 4.79 Å². The lowest BCUT2D eigenvalue weighted by Crippen LogP contribution is -2.19. The van der Waals surface area contributed by atoms with Crippen LogP contribution in [-0.2, 0) is 14.3 Å². The van der Waals surface area contributed by atoms with Gasteiger partial charge in [-0.05, 0) is 90.6 Å². The Morgan fingerprint density at radius 1 is 0.795 bits per heavy atom. The smallest absolute Gasteiger partial charge is 0.333 e. The first kappa shape index (κ1) is 28.2. The highest BCUT2D eigenvalue weighted by atomic mass is 16.5. The van der Waals surface area contributed by atoms with E-state index in [2.05, 4.69) is 61.2 Å². The van der Waals surface area contributed by atoms with Crippen LogP contribution in [0.5, 0.6) is 11.5 Å². The van der Waals surface area contributed by atoms with E-state index >= 15 is 0 Å². The summed E-state index contributed by atoms with van der Waals surface area (Å²) < 4.78 is 22.2. The van der Waals surface area contributed by atoms with Gasteiger partial charge in [-0.2, -0.15) is 0 Å². The van der Waals surface area contributed by atoms with Gasteiger partial charge in [0.25, 0.3) is 0 Å². The van der Waals surface area contributed by atoms with Crippen LogP contribution in [0.1, 0.15) is 45.1 Å². The predicted octanol–water partition coefficient (Wildman–Crippen LogP) is 7.44. The molecule has 0 aliphatic carbocycles. The highest BCUT2D eigenvalue weighted by Crippen LogP contribution is 2.37. The van der Waals surface area contributed by atoms with Crippen molar-refractivity contribution in [2.24, 2.45) is 0 Å². The molecule has 3 aromatic carbocycles. The van der Waals surface area contributed by atoms with Crippen molar-refractivity contribution < 1.29 is 23.7 Å². The summed E-state index contributed by atoms with van der Waals surface area (Å²) in [6.07, 6.45) is 5.71. The molecule has 0 radical (unpaired) electrons. The molecule has 0 aromatic heterocycles. The zero-order valence-electron chi connectivity index (χ0n) is 23.3. The van der Waals surface area contributed by atoms with Crippen LogP contribution in [0, 0.1) is 0 Å². The van der Waals surface area contributed by atoms with E-state index in [4.69, 9.17) is 18.9 Å². The normalized spacial score (nSPS) is 12.8. The summed E-state index contributed by atoms with van der Waals surface area (Å²) in [6, 6.07) is 22.6. The Bertz CT molecular complexity index is 1230. The van der Waals surface area contributed by atoms with E-state index in [-0.39, 0.29) is 5.97 Å². The van der Waals surface area contributed by atoms with Crippen molar-refractivity contribution in [2.75, 3.05) is 45.0 Å². The Hall–Kier alpha value is -3.77. The van der Waals surface area contributed by atoms with Gasteiger partial charge < -0.3 is 23.8 Å². The van der Waals surface area contributed by atoms with Crippen molar-refractivity contribution in [1.29, 1.82) is 0 Å². The summed E-state index contributed by atoms with van der Waals surface area (Å²) in [7, 11) is 1.43. The van der Waals surface area contributed by atoms with Gasteiger partial charge in [0.05, 0.1) is 20.3 Å². The van der Waals surface area contributed by atoms with Crippen LogP contribution in [0.3, 0.4) is 0 Å². The summed E-state index contributed by atoms with van der Waals surface area (Å²) in [4.78, 5) is 14.8. The predicted molar refractivity (Wildman–Crippen MR) is 157 cm³/mol. The van der Waals surface area contributed by atoms with Gasteiger partial charge in [0.15, 0.2) is 0 Å². The molecule has 3 aromatic rings. The Labute approximate surface area is 232 Å². The second-order valence-electron chi connectivity index (χ2n) is 9.52. The van der Waals surface area contributed by atoms with E-state index < -0.39 is 0 Å². The molecule has 4 rings (SSSR count). The first-order valence-electron chi connectivity index (χ1n) is 13.9. The lowest BCUT2D eigenvalue weighted by atomic mass is 10.00. The Morgan fingerprint density at radius 3 is 2.18 bits per heavy atom. The first-order chi connectivity index (χ1) is 19.1. The second kappa shape index (κ2) is 14.4. The Kier molecular flexibility index (Phi) is 10.4. The Balaban J connectivity index is 1.55. The molecule has 0 spiro atoms. The molecule has 0 bridgehead atoms. The molecule has 0 saturated heterocycles. The van der Waals surface area contributed by atoms with Gasteiger partial charge in [-0.25, -0.2) is 4.79 Å². The maximum atomic E-state index is 12.5. The number of unbranched alkanes of at least 4 members (excludes halogenated alkanes) is 1. The Morgan fingerprint density at radius 2 is 1.49 bits per heavy atom. The maximum absolute atomic E-state index is 12.5. The van der Waals surface area contributed by atoms with Crippen LogP contribution < -0.4 is 14.4 Å². The number of benzene rings is 3. The minimum absolute atomic E-state index is 0.295. The van der Waals surface area contributed by atoms with Crippen molar-refractivity contribution in [3.8, 4) is 22.6 Å². The summed E-state index contributed by atoms with van der Waals surface area (Å²) >= 11 is 0. The number of carbonyl (C=O) groups excluding carboxylic acids is 1. The number of anilines is 2. The zero-order chi connectivity index (χ0) is 27.5. The number of hydrogen-bond donors (Lipinski definition) is 0. The fraction of sp³-hybridized carbons (Fsp3) is 0.364. The van der Waals surface area contributed by atoms with Crippen molar-refractivity contribution in [3.63, 3.8) is 0 Å². The monoisotopic (exact) mass is 529 g/mol. The van der Waals surface area contributed by atoms with E-state index in [0.717, 1.165) is 65.4 Å². The average molecular weight is 530 g/mol. The van der Waals surface area contributed by atoms with Crippen molar-refractivity contribution in [1.82, 2.24) is 0 Å². The van der Waals surface area contributed by atoms with Crippen molar-refractivity contribution in [2.45, 2.75) is 39.5 Å². The summed E-state index contributed by atoms with van der Waals surface area (Å²) in [5, 5.41) is 0. The molecule has 1 aliphatic rings. The number of methoxy groups -OCH3 is 1. The SMILES string of the molecule is CCCCOCCOc1ccc(-c2ccc3c(c2)C=C(C(=O)OC)CCN3c2ccc(OCCC)cc2)cc1. The average Bonchev–Trinajstić information content (AvgIpc) is 3.17. The van der Waals surface area contributed by atoms with Crippen LogP contribution in [0.25, 0.3) is 17.2 Å². The van der Waals surface area contributed by atoms with Crippen LogP contribution >= 0.6 is 0 Å². The van der Waals surface area contributed by atoms with Gasteiger partial charge in [-0.1, -0.05) is 38.5 Å². The topological polar surface area (TPSA) is 57.2 Å². The van der Waals surface area contributed by atoms with Crippen LogP contribution in [-0.4, -0.2) is 46.1 Å². The third-order valence-electron chi connectivity index (χ3n) is 6.65. The number of hydrogen-bond acceptors (Lipinski definition) is 6. The number of nitrogens with zero attached hydrogens (tertiary/aromatic N) is 1. The van der Waals surface area contributed by atoms with Crippen LogP contribution in [0.2, 0.25) is 0 Å². The summed E-state index contributed by atoms with van der Waals surface area (Å²) in [5.74, 6) is 1.38. The number of fused-ring (bicyclic) bond motifs is 1. The van der Waals surface area contributed by atoms with E-state index in [1.165, 1.54) is 7.11 Å². The molecular formula is C33H39NO5. The molecule has 6 nitrogen and oxygen atoms in total. The first-order valence-corrected chi connectivity index (χ1v) is 13.9. The molecule has 206 valence electrons. The van der Waals surface area contributed by atoms with Gasteiger partial charge in [-0.3, -0.25) is 0 Å². The lowest BCUT2D eigenvalue weighted by molar-refractivity contribution is -0.136. The molecule has 0 unspecified atom stereocenters. The molecule has 6 heteroatoms. The van der Waals surface area contributed by atoms with Gasteiger partial charge in [0.1, 0.15) is 18.1 Å². The van der Waals surface area contributed by atoms with Gasteiger partial charge in [0.2, 0.25) is 0 Å². The molecule has 0 fully saturated rings. The molecule has 0 N–H and O–H groups in total. The van der Waals surface area contributed by atoms with Crippen molar-refractivity contribution >= 4 is 23.4 Å². The molecule has 1 heterocycles. The maximum Gasteiger partial charge on any atom is 0.333 e. The van der Waals surface area contributed by atoms with Gasteiger partial charge >= 0.3 is 5.97 Å². The highest BCUT2D eigenvalue weighted by molar-refractivity contribution is 5.96. The third-order valence-corrected chi connectivity index (χ3v) is 6.65. The van der Waals surface area contributed by atoms with Crippen LogP contribution in [0.15, 0.2) is 72.3 Å². The fourth-order valence-corrected chi connectivity index (χ4v) is 4.52. The summed E-state index contributed by atoms with van der Waals surface area (Å²) in [5.41, 5.74) is 5.86. The molecule has 39 heavy (non-hydrogen) atoms. The van der Waals surface area contributed by atoms with Gasteiger partial charge in [0, 0.05) is 30.1 Å². The second-order valence-corrected chi connectivity index (χ2v) is 9.52. The standard InChI is InChI=1S/C33H39NO5/c1-4-6-20-37-21-22-39-30-12-7-25(8-13-30)26-9-16-32-28(23-26)24-27(33(35)36-3)17-18-34(32)29-10-14-31(15-11-29)38-19-5-2/h7-16,23-24H,4-6,17-22H2,1-3H3. The van der Waals surface area contributed by atoms with Crippen molar-refractivity contribution in [3.05, 3.63) is 77.9 Å². The largest absolute Gasteiger partial charge is 0.494 e. The quantitative estimate of drug-likeness (QED) is 0.169. The minimum atomic E-state index is -0.295. The molecule has 0 amide bonds. The fourth-order valence-electron chi connectivity index (χ4n) is 4.52. The zero-order valence-corrected chi connectivity index (χ0v) is 23.3. The van der Waals surface area contributed by atoms with Crippen LogP contribution in [0.4, 0.5) is 11.4 Å².